The van der Waals surface area contributed by atoms with Gasteiger partial charge in [0.1, 0.15) is 0 Å². The molecular formula is C12H22N4OS. The Morgan fingerprint density at radius 2 is 2.00 bits per heavy atom. The van der Waals surface area contributed by atoms with E-state index in [2.05, 4.69) is 41.6 Å². The molecule has 6 heteroatoms. The van der Waals surface area contributed by atoms with E-state index in [9.17, 15) is 0 Å². The highest BCUT2D eigenvalue weighted by Gasteiger charge is 2.17. The molecule has 2 rings (SSSR count). The predicted molar refractivity (Wildman–Crippen MR) is 74.9 cm³/mol. The van der Waals surface area contributed by atoms with Crippen LogP contribution in [0, 0.1) is 0 Å². The second-order valence-corrected chi connectivity index (χ2v) is 6.86. The highest BCUT2D eigenvalue weighted by atomic mass is 32.2. The Balaban J connectivity index is 1.82. The van der Waals surface area contributed by atoms with Gasteiger partial charge in [-0.2, -0.15) is 11.8 Å². The average molecular weight is 270 g/mol. The lowest BCUT2D eigenvalue weighted by Gasteiger charge is -2.21. The molecule has 1 fully saturated rings. The zero-order chi connectivity index (χ0) is 13.0. The van der Waals surface area contributed by atoms with Crippen molar-refractivity contribution in [1.82, 2.24) is 15.5 Å². The molecule has 18 heavy (non-hydrogen) atoms. The molecule has 1 aliphatic rings. The van der Waals surface area contributed by atoms with Gasteiger partial charge in [0.2, 0.25) is 5.89 Å². The zero-order valence-electron chi connectivity index (χ0n) is 11.3. The van der Waals surface area contributed by atoms with Crippen LogP contribution in [0.1, 0.15) is 39.5 Å². The topological polar surface area (TPSA) is 63.0 Å². The molecule has 0 unspecified atom stereocenters. The Morgan fingerprint density at radius 3 is 2.67 bits per heavy atom. The maximum atomic E-state index is 5.58. The van der Waals surface area contributed by atoms with Crippen LogP contribution in [0.25, 0.3) is 0 Å². The number of nitrogens with one attached hydrogen (secondary N) is 2. The fourth-order valence-electron chi connectivity index (χ4n) is 1.74. The van der Waals surface area contributed by atoms with E-state index in [1.807, 2.05) is 11.8 Å². The Morgan fingerprint density at radius 1 is 1.28 bits per heavy atom. The summed E-state index contributed by atoms with van der Waals surface area (Å²) in [4.78, 5) is 0. The summed E-state index contributed by atoms with van der Waals surface area (Å²) in [6.07, 6.45) is 2.34. The maximum absolute atomic E-state index is 5.58. The fourth-order valence-corrected chi connectivity index (χ4v) is 2.85. The van der Waals surface area contributed by atoms with E-state index in [1.165, 1.54) is 24.3 Å². The average Bonchev–Trinajstić information content (AvgIpc) is 2.75. The monoisotopic (exact) mass is 270 g/mol. The van der Waals surface area contributed by atoms with Gasteiger partial charge in [0.05, 0.1) is 6.54 Å². The van der Waals surface area contributed by atoms with Gasteiger partial charge >= 0.3 is 6.01 Å². The van der Waals surface area contributed by atoms with Crippen molar-refractivity contribution >= 4 is 17.8 Å². The Kier molecular flexibility index (Phi) is 4.50. The highest BCUT2D eigenvalue weighted by Crippen LogP contribution is 2.20. The number of rotatable bonds is 4. The summed E-state index contributed by atoms with van der Waals surface area (Å²) in [6, 6.07) is 1.03. The van der Waals surface area contributed by atoms with Gasteiger partial charge in [-0.3, -0.25) is 0 Å². The van der Waals surface area contributed by atoms with Crippen molar-refractivity contribution in [2.45, 2.75) is 51.7 Å². The van der Waals surface area contributed by atoms with Gasteiger partial charge in [0, 0.05) is 11.6 Å². The van der Waals surface area contributed by atoms with Crippen molar-refractivity contribution in [1.29, 1.82) is 0 Å². The van der Waals surface area contributed by atoms with Crippen molar-refractivity contribution in [3.05, 3.63) is 5.89 Å². The predicted octanol–water partition coefficient (Wildman–Crippen LogP) is 2.27. The third-order valence-corrected chi connectivity index (χ3v) is 3.83. The van der Waals surface area contributed by atoms with Crippen LogP contribution in [0.4, 0.5) is 6.01 Å². The van der Waals surface area contributed by atoms with E-state index in [-0.39, 0.29) is 5.54 Å². The summed E-state index contributed by atoms with van der Waals surface area (Å²) in [5.74, 6) is 3.06. The minimum Gasteiger partial charge on any atom is -0.407 e. The minimum absolute atomic E-state index is 0.0582. The molecular weight excluding hydrogens is 248 g/mol. The maximum Gasteiger partial charge on any atom is 0.315 e. The molecule has 1 aliphatic heterocycles. The molecule has 0 aromatic carbocycles. The molecule has 2 N–H and O–H groups in total. The number of aromatic nitrogens is 2. The lowest BCUT2D eigenvalue weighted by Crippen LogP contribution is -2.35. The molecule has 5 nitrogen and oxygen atoms in total. The van der Waals surface area contributed by atoms with Crippen molar-refractivity contribution < 1.29 is 4.42 Å². The molecule has 0 saturated carbocycles. The van der Waals surface area contributed by atoms with Crippen LogP contribution in [0.2, 0.25) is 0 Å². The SMILES string of the molecule is CC(C)(C)NCc1nnc(NC2CCSCC2)o1. The normalized spacial score (nSPS) is 17.9. The largest absolute Gasteiger partial charge is 0.407 e. The van der Waals surface area contributed by atoms with Crippen molar-refractivity contribution in [3.63, 3.8) is 0 Å². The Bertz CT molecular complexity index is 368. The molecule has 0 spiro atoms. The molecule has 0 aliphatic carbocycles. The molecule has 1 saturated heterocycles. The van der Waals surface area contributed by atoms with Gasteiger partial charge in [-0.05, 0) is 45.1 Å². The zero-order valence-corrected chi connectivity index (χ0v) is 12.1. The van der Waals surface area contributed by atoms with Gasteiger partial charge in [-0.15, -0.1) is 5.10 Å². The van der Waals surface area contributed by atoms with Crippen LogP contribution in [-0.2, 0) is 6.54 Å². The Hall–Kier alpha value is -0.750. The summed E-state index contributed by atoms with van der Waals surface area (Å²) in [5, 5.41) is 14.7. The van der Waals surface area contributed by atoms with Gasteiger partial charge in [0.15, 0.2) is 0 Å². The van der Waals surface area contributed by atoms with Crippen LogP contribution in [0.15, 0.2) is 4.42 Å². The molecule has 0 atom stereocenters. The number of thioether (sulfide) groups is 1. The van der Waals surface area contributed by atoms with Gasteiger partial charge in [-0.25, -0.2) is 0 Å². The van der Waals surface area contributed by atoms with E-state index < -0.39 is 0 Å². The first-order valence-electron chi connectivity index (χ1n) is 6.45. The summed E-state index contributed by atoms with van der Waals surface area (Å²) in [7, 11) is 0. The fraction of sp³-hybridized carbons (Fsp3) is 0.833. The lowest BCUT2D eigenvalue weighted by atomic mass is 10.1. The first kappa shape index (κ1) is 13.7. The van der Waals surface area contributed by atoms with E-state index in [4.69, 9.17) is 4.42 Å². The number of anilines is 1. The van der Waals surface area contributed by atoms with E-state index in [0.717, 1.165) is 0 Å². The molecule has 2 heterocycles. The molecule has 0 bridgehead atoms. The van der Waals surface area contributed by atoms with Gasteiger partial charge in [0.25, 0.3) is 0 Å². The summed E-state index contributed by atoms with van der Waals surface area (Å²) < 4.78 is 5.58. The quantitative estimate of drug-likeness (QED) is 0.875. The molecule has 1 aromatic rings. The number of hydrogen-bond donors (Lipinski definition) is 2. The van der Waals surface area contributed by atoms with Crippen LogP contribution < -0.4 is 10.6 Å². The van der Waals surface area contributed by atoms with Crippen LogP contribution in [0.5, 0.6) is 0 Å². The van der Waals surface area contributed by atoms with Crippen LogP contribution in [0.3, 0.4) is 0 Å². The smallest absolute Gasteiger partial charge is 0.315 e. The van der Waals surface area contributed by atoms with Gasteiger partial charge < -0.3 is 15.1 Å². The highest BCUT2D eigenvalue weighted by molar-refractivity contribution is 7.99. The van der Waals surface area contributed by atoms with E-state index >= 15 is 0 Å². The van der Waals surface area contributed by atoms with E-state index in [0.29, 0.717) is 24.5 Å². The number of nitrogens with zero attached hydrogens (tertiary/aromatic N) is 2. The van der Waals surface area contributed by atoms with Crippen LogP contribution >= 0.6 is 11.8 Å². The minimum atomic E-state index is 0.0582. The molecule has 1 aromatic heterocycles. The third kappa shape index (κ3) is 4.49. The van der Waals surface area contributed by atoms with Crippen molar-refractivity contribution in [2.24, 2.45) is 0 Å². The second-order valence-electron chi connectivity index (χ2n) is 5.64. The standard InChI is InChI=1S/C12H22N4OS/c1-12(2,3)13-8-10-15-16-11(17-10)14-9-4-6-18-7-5-9/h9,13H,4-8H2,1-3H3,(H,14,16). The van der Waals surface area contributed by atoms with Gasteiger partial charge in [-0.1, -0.05) is 5.10 Å². The van der Waals surface area contributed by atoms with E-state index in [1.54, 1.807) is 0 Å². The van der Waals surface area contributed by atoms with Crippen molar-refractivity contribution in [2.75, 3.05) is 16.8 Å². The summed E-state index contributed by atoms with van der Waals surface area (Å²) in [5.41, 5.74) is 0.0582. The Labute approximate surface area is 112 Å². The summed E-state index contributed by atoms with van der Waals surface area (Å²) in [6.45, 7) is 6.95. The number of hydrogen-bond acceptors (Lipinski definition) is 6. The lowest BCUT2D eigenvalue weighted by molar-refractivity contribution is 0.383. The second kappa shape index (κ2) is 5.93. The van der Waals surface area contributed by atoms with Crippen LogP contribution in [-0.4, -0.2) is 33.3 Å². The summed E-state index contributed by atoms with van der Waals surface area (Å²) >= 11 is 2.01. The molecule has 0 amide bonds. The molecule has 0 radical (unpaired) electrons. The third-order valence-electron chi connectivity index (χ3n) is 2.79. The first-order valence-corrected chi connectivity index (χ1v) is 7.60. The molecule has 102 valence electrons. The first-order chi connectivity index (χ1) is 8.53. The van der Waals surface area contributed by atoms with Crippen molar-refractivity contribution in [3.8, 4) is 0 Å².